The highest BCUT2D eigenvalue weighted by Crippen LogP contribution is 2.22. The van der Waals surface area contributed by atoms with Gasteiger partial charge in [-0.3, -0.25) is 19.7 Å². The highest BCUT2D eigenvalue weighted by atomic mass is 16.7. The van der Waals surface area contributed by atoms with Crippen molar-refractivity contribution in [3.8, 4) is 5.75 Å². The van der Waals surface area contributed by atoms with E-state index in [1.54, 1.807) is 20.8 Å². The Kier molecular flexibility index (Phi) is 3.87. The number of nitro benzene ring substituents is 1. The normalized spacial score (nSPS) is 11.1. The fourth-order valence-electron chi connectivity index (χ4n) is 1.07. The third-order valence-electron chi connectivity index (χ3n) is 1.89. The number of nitro groups is 1. The zero-order valence-corrected chi connectivity index (χ0v) is 10.3. The molecule has 0 aliphatic carbocycles. The van der Waals surface area contributed by atoms with Gasteiger partial charge < -0.3 is 5.11 Å². The molecule has 0 bridgehead atoms. The summed E-state index contributed by atoms with van der Waals surface area (Å²) >= 11 is 0. The molecule has 1 rings (SSSR count). The monoisotopic (exact) mass is 254 g/mol. The highest BCUT2D eigenvalue weighted by molar-refractivity contribution is 5.96. The summed E-state index contributed by atoms with van der Waals surface area (Å²) in [5.74, 6) is -1.10. The number of carbonyl (C=O) groups excluding carboxylic acids is 1. The summed E-state index contributed by atoms with van der Waals surface area (Å²) in [7, 11) is 0. The van der Waals surface area contributed by atoms with Gasteiger partial charge in [-0.1, -0.05) is 0 Å². The van der Waals surface area contributed by atoms with Crippen LogP contribution in [0.25, 0.3) is 0 Å². The molecule has 7 nitrogen and oxygen atoms in total. The van der Waals surface area contributed by atoms with Crippen LogP contribution in [-0.2, 0) is 4.84 Å². The van der Waals surface area contributed by atoms with E-state index >= 15 is 0 Å². The molecule has 7 heteroatoms. The quantitative estimate of drug-likeness (QED) is 0.632. The van der Waals surface area contributed by atoms with Crippen molar-refractivity contribution in [1.82, 2.24) is 5.48 Å². The minimum Gasteiger partial charge on any atom is -0.507 e. The number of nitrogens with one attached hydrogen (secondary N) is 1. The molecule has 1 amide bonds. The number of nitrogens with zero attached hydrogens (tertiary/aromatic N) is 1. The lowest BCUT2D eigenvalue weighted by Crippen LogP contribution is -2.33. The second-order valence-corrected chi connectivity index (χ2v) is 4.60. The van der Waals surface area contributed by atoms with E-state index in [0.717, 1.165) is 18.2 Å². The molecule has 0 aliphatic heterocycles. The van der Waals surface area contributed by atoms with Gasteiger partial charge in [-0.2, -0.15) is 0 Å². The van der Waals surface area contributed by atoms with Crippen LogP contribution in [-0.4, -0.2) is 21.5 Å². The predicted molar refractivity (Wildman–Crippen MR) is 63.1 cm³/mol. The van der Waals surface area contributed by atoms with Crippen LogP contribution >= 0.6 is 0 Å². The minimum atomic E-state index is -0.744. The molecule has 1 aromatic rings. The van der Waals surface area contributed by atoms with E-state index in [1.807, 2.05) is 0 Å². The molecule has 18 heavy (non-hydrogen) atoms. The van der Waals surface area contributed by atoms with E-state index in [9.17, 15) is 20.0 Å². The van der Waals surface area contributed by atoms with Crippen molar-refractivity contribution in [3.63, 3.8) is 0 Å². The van der Waals surface area contributed by atoms with Crippen molar-refractivity contribution in [2.75, 3.05) is 0 Å². The molecule has 0 unspecified atom stereocenters. The molecule has 1 aromatic carbocycles. The Labute approximate surface area is 103 Å². The second kappa shape index (κ2) is 5.01. The predicted octanol–water partition coefficient (Wildman–Crippen LogP) is 1.76. The zero-order valence-electron chi connectivity index (χ0n) is 10.3. The summed E-state index contributed by atoms with van der Waals surface area (Å²) in [4.78, 5) is 26.6. The van der Waals surface area contributed by atoms with Gasteiger partial charge in [-0.15, -0.1) is 0 Å². The van der Waals surface area contributed by atoms with Gasteiger partial charge in [0.15, 0.2) is 0 Å². The average molecular weight is 254 g/mol. The SMILES string of the molecule is CC(C)(C)ONC(=O)c1cc([N+](=O)[O-])ccc1O. The molecule has 0 spiro atoms. The fraction of sp³-hybridized carbons (Fsp3) is 0.364. The fourth-order valence-corrected chi connectivity index (χ4v) is 1.07. The number of non-ortho nitro benzene ring substituents is 1. The number of hydrogen-bond acceptors (Lipinski definition) is 5. The lowest BCUT2D eigenvalue weighted by Gasteiger charge is -2.19. The smallest absolute Gasteiger partial charge is 0.278 e. The number of hydrogen-bond donors (Lipinski definition) is 2. The summed E-state index contributed by atoms with van der Waals surface area (Å²) < 4.78 is 0. The van der Waals surface area contributed by atoms with Crippen LogP contribution in [0.15, 0.2) is 18.2 Å². The Morgan fingerprint density at radius 2 is 2.06 bits per heavy atom. The Bertz CT molecular complexity index is 479. The van der Waals surface area contributed by atoms with Gasteiger partial charge in [0.05, 0.1) is 16.1 Å². The van der Waals surface area contributed by atoms with Gasteiger partial charge in [-0.05, 0) is 26.8 Å². The van der Waals surface area contributed by atoms with E-state index < -0.39 is 16.4 Å². The number of amides is 1. The molecule has 0 heterocycles. The van der Waals surface area contributed by atoms with Gasteiger partial charge >= 0.3 is 0 Å². The zero-order chi connectivity index (χ0) is 13.9. The number of benzene rings is 1. The molecule has 0 saturated heterocycles. The largest absolute Gasteiger partial charge is 0.507 e. The van der Waals surface area contributed by atoms with Gasteiger partial charge in [-0.25, -0.2) is 5.48 Å². The maximum Gasteiger partial charge on any atom is 0.278 e. The highest BCUT2D eigenvalue weighted by Gasteiger charge is 2.19. The molecule has 0 aromatic heterocycles. The maximum absolute atomic E-state index is 11.7. The first-order valence-electron chi connectivity index (χ1n) is 5.16. The van der Waals surface area contributed by atoms with Crippen molar-refractivity contribution in [3.05, 3.63) is 33.9 Å². The number of phenols is 1. The summed E-state index contributed by atoms with van der Waals surface area (Å²) in [5, 5.41) is 20.0. The van der Waals surface area contributed by atoms with Crippen molar-refractivity contribution >= 4 is 11.6 Å². The van der Waals surface area contributed by atoms with E-state index in [1.165, 1.54) is 0 Å². The molecule has 0 atom stereocenters. The molecule has 0 fully saturated rings. The van der Waals surface area contributed by atoms with E-state index in [-0.39, 0.29) is 17.0 Å². The summed E-state index contributed by atoms with van der Waals surface area (Å²) in [6.07, 6.45) is 0. The molecule has 98 valence electrons. The van der Waals surface area contributed by atoms with Crippen LogP contribution in [0.5, 0.6) is 5.75 Å². The van der Waals surface area contributed by atoms with Crippen LogP contribution in [0.4, 0.5) is 5.69 Å². The number of phenolic OH excluding ortho intramolecular Hbond substituents is 1. The number of aromatic hydroxyl groups is 1. The van der Waals surface area contributed by atoms with Crippen LogP contribution in [0.1, 0.15) is 31.1 Å². The first kappa shape index (κ1) is 13.9. The summed E-state index contributed by atoms with van der Waals surface area (Å²) in [6.45, 7) is 5.17. The lowest BCUT2D eigenvalue weighted by molar-refractivity contribution is -0.384. The van der Waals surface area contributed by atoms with E-state index in [2.05, 4.69) is 5.48 Å². The van der Waals surface area contributed by atoms with Crippen molar-refractivity contribution in [2.45, 2.75) is 26.4 Å². The Morgan fingerprint density at radius 3 is 2.56 bits per heavy atom. The first-order chi connectivity index (χ1) is 8.20. The van der Waals surface area contributed by atoms with Crippen LogP contribution in [0.3, 0.4) is 0 Å². The number of rotatable bonds is 3. The van der Waals surface area contributed by atoms with Crippen molar-refractivity contribution < 1.29 is 19.7 Å². The van der Waals surface area contributed by atoms with Gasteiger partial charge in [0.1, 0.15) is 5.75 Å². The molecule has 0 radical (unpaired) electrons. The van der Waals surface area contributed by atoms with E-state index in [0.29, 0.717) is 0 Å². The standard InChI is InChI=1S/C11H14N2O5/c1-11(2,3)18-12-10(15)8-6-7(13(16)17)4-5-9(8)14/h4-6,14H,1-3H3,(H,12,15). The van der Waals surface area contributed by atoms with Crippen molar-refractivity contribution in [2.24, 2.45) is 0 Å². The summed E-state index contributed by atoms with van der Waals surface area (Å²) in [6, 6.07) is 3.18. The van der Waals surface area contributed by atoms with Crippen LogP contribution < -0.4 is 5.48 Å². The van der Waals surface area contributed by atoms with Crippen molar-refractivity contribution in [1.29, 1.82) is 0 Å². The topological polar surface area (TPSA) is 102 Å². The van der Waals surface area contributed by atoms with Gasteiger partial charge in [0.2, 0.25) is 0 Å². The third-order valence-corrected chi connectivity index (χ3v) is 1.89. The van der Waals surface area contributed by atoms with Crippen LogP contribution in [0.2, 0.25) is 0 Å². The molecular formula is C11H14N2O5. The third kappa shape index (κ3) is 3.70. The maximum atomic E-state index is 11.7. The Balaban J connectivity index is 2.91. The van der Waals surface area contributed by atoms with Gasteiger partial charge in [0.25, 0.3) is 11.6 Å². The number of carbonyl (C=O) groups is 1. The lowest BCUT2D eigenvalue weighted by atomic mass is 10.1. The minimum absolute atomic E-state index is 0.214. The molecule has 2 N–H and O–H groups in total. The average Bonchev–Trinajstić information content (AvgIpc) is 2.25. The Morgan fingerprint density at radius 1 is 1.44 bits per heavy atom. The molecular weight excluding hydrogens is 240 g/mol. The van der Waals surface area contributed by atoms with Crippen LogP contribution in [0, 0.1) is 10.1 Å². The van der Waals surface area contributed by atoms with Gasteiger partial charge in [0, 0.05) is 12.1 Å². The molecule has 0 aliphatic rings. The molecule has 0 saturated carbocycles. The first-order valence-corrected chi connectivity index (χ1v) is 5.16. The second-order valence-electron chi connectivity index (χ2n) is 4.60. The number of hydroxylamine groups is 1. The van der Waals surface area contributed by atoms with E-state index in [4.69, 9.17) is 4.84 Å². The Hall–Kier alpha value is -2.15. The summed E-state index contributed by atoms with van der Waals surface area (Å²) in [5.41, 5.74) is 1.02.